The van der Waals surface area contributed by atoms with Gasteiger partial charge < -0.3 is 5.32 Å². The Morgan fingerprint density at radius 3 is 2.58 bits per heavy atom. The molecule has 1 aromatic rings. The first-order valence-corrected chi connectivity index (χ1v) is 8.62. The summed E-state index contributed by atoms with van der Waals surface area (Å²) in [4.78, 5) is 0.496. The third-order valence-electron chi connectivity index (χ3n) is 3.74. The molecule has 1 atom stereocenters. The first-order chi connectivity index (χ1) is 8.94. The van der Waals surface area contributed by atoms with Crippen LogP contribution in [0, 0.1) is 19.8 Å². The van der Waals surface area contributed by atoms with Gasteiger partial charge in [-0.3, -0.25) is 0 Å². The molecule has 3 nitrogen and oxygen atoms in total. The second-order valence-electron chi connectivity index (χ2n) is 5.55. The molecular weight excluding hydrogens is 258 g/mol. The smallest absolute Gasteiger partial charge is 0.180 e. The summed E-state index contributed by atoms with van der Waals surface area (Å²) in [5.41, 5.74) is 1.84. The first-order valence-electron chi connectivity index (χ1n) is 6.97. The molecule has 1 fully saturated rings. The Morgan fingerprint density at radius 2 is 2.00 bits per heavy atom. The van der Waals surface area contributed by atoms with E-state index < -0.39 is 9.84 Å². The summed E-state index contributed by atoms with van der Waals surface area (Å²) in [6.07, 6.45) is 2.31. The van der Waals surface area contributed by atoms with Crippen LogP contribution in [-0.4, -0.2) is 26.8 Å². The molecule has 1 aliphatic rings. The van der Waals surface area contributed by atoms with Crippen LogP contribution in [0.25, 0.3) is 0 Å². The maximum atomic E-state index is 12.6. The van der Waals surface area contributed by atoms with Crippen molar-refractivity contribution in [3.8, 4) is 0 Å². The second kappa shape index (κ2) is 5.63. The van der Waals surface area contributed by atoms with Gasteiger partial charge in [0.1, 0.15) is 0 Å². The largest absolute Gasteiger partial charge is 0.313 e. The molecule has 1 N–H and O–H groups in total. The molecule has 4 heteroatoms. The third-order valence-corrected chi connectivity index (χ3v) is 5.64. The van der Waals surface area contributed by atoms with Crippen molar-refractivity contribution in [1.29, 1.82) is 0 Å². The standard InChI is InChI=1S/C15H23NO2S/c1-4-16-14(13-7-8-13)10-19(17,18)15-9-11(2)5-6-12(15)3/h5-6,9,13-14,16H,4,7-8,10H2,1-3H3. The highest BCUT2D eigenvalue weighted by atomic mass is 32.2. The van der Waals surface area contributed by atoms with E-state index in [0.717, 1.165) is 30.5 Å². The van der Waals surface area contributed by atoms with Gasteiger partial charge in [-0.1, -0.05) is 19.1 Å². The topological polar surface area (TPSA) is 46.2 Å². The van der Waals surface area contributed by atoms with Crippen LogP contribution in [0.15, 0.2) is 23.1 Å². The van der Waals surface area contributed by atoms with E-state index >= 15 is 0 Å². The molecule has 1 saturated carbocycles. The molecule has 0 heterocycles. The fraction of sp³-hybridized carbons (Fsp3) is 0.600. The summed E-state index contributed by atoms with van der Waals surface area (Å²) in [6, 6.07) is 5.74. The number of hydrogen-bond acceptors (Lipinski definition) is 3. The van der Waals surface area contributed by atoms with Crippen molar-refractivity contribution in [2.24, 2.45) is 5.92 Å². The van der Waals surface area contributed by atoms with Crippen molar-refractivity contribution in [1.82, 2.24) is 5.32 Å². The highest BCUT2D eigenvalue weighted by Crippen LogP contribution is 2.34. The number of hydrogen-bond donors (Lipinski definition) is 1. The highest BCUT2D eigenvalue weighted by molar-refractivity contribution is 7.91. The van der Waals surface area contributed by atoms with E-state index in [0.29, 0.717) is 10.8 Å². The fourth-order valence-electron chi connectivity index (χ4n) is 2.49. The molecule has 0 bridgehead atoms. The number of sulfone groups is 1. The van der Waals surface area contributed by atoms with E-state index in [2.05, 4.69) is 5.32 Å². The molecule has 0 aromatic heterocycles. The van der Waals surface area contributed by atoms with Gasteiger partial charge in [-0.25, -0.2) is 8.42 Å². The quantitative estimate of drug-likeness (QED) is 0.871. The van der Waals surface area contributed by atoms with E-state index in [1.807, 2.05) is 32.9 Å². The van der Waals surface area contributed by atoms with Crippen molar-refractivity contribution in [3.05, 3.63) is 29.3 Å². The zero-order chi connectivity index (χ0) is 14.0. The summed E-state index contributed by atoms with van der Waals surface area (Å²) in [7, 11) is -3.20. The molecule has 1 unspecified atom stereocenters. The van der Waals surface area contributed by atoms with Crippen LogP contribution in [0.3, 0.4) is 0 Å². The van der Waals surface area contributed by atoms with Crippen molar-refractivity contribution < 1.29 is 8.42 Å². The van der Waals surface area contributed by atoms with Gasteiger partial charge in [-0.05, 0) is 56.3 Å². The molecule has 1 aliphatic carbocycles. The molecule has 0 amide bonds. The maximum absolute atomic E-state index is 12.6. The van der Waals surface area contributed by atoms with Gasteiger partial charge in [-0.2, -0.15) is 0 Å². The molecule has 2 rings (SSSR count). The Morgan fingerprint density at radius 1 is 1.32 bits per heavy atom. The fourth-order valence-corrected chi connectivity index (χ4v) is 4.46. The summed E-state index contributed by atoms with van der Waals surface area (Å²) >= 11 is 0. The molecule has 106 valence electrons. The Hall–Kier alpha value is -0.870. The average Bonchev–Trinajstić information content (AvgIpc) is 3.15. The SMILES string of the molecule is CCNC(CS(=O)(=O)c1cc(C)ccc1C)C1CC1. The molecule has 1 aromatic carbocycles. The summed E-state index contributed by atoms with van der Waals surface area (Å²) in [5, 5.41) is 3.33. The summed E-state index contributed by atoms with van der Waals surface area (Å²) < 4.78 is 25.2. The number of benzene rings is 1. The van der Waals surface area contributed by atoms with E-state index in [4.69, 9.17) is 0 Å². The second-order valence-corrected chi connectivity index (χ2v) is 7.55. The Labute approximate surface area is 116 Å². The summed E-state index contributed by atoms with van der Waals surface area (Å²) in [6.45, 7) is 6.65. The number of aryl methyl sites for hydroxylation is 2. The minimum atomic E-state index is -3.20. The van der Waals surface area contributed by atoms with Crippen LogP contribution >= 0.6 is 0 Å². The van der Waals surface area contributed by atoms with Gasteiger partial charge in [0.2, 0.25) is 0 Å². The van der Waals surface area contributed by atoms with Gasteiger partial charge in [-0.15, -0.1) is 0 Å². The van der Waals surface area contributed by atoms with Gasteiger partial charge >= 0.3 is 0 Å². The average molecular weight is 281 g/mol. The van der Waals surface area contributed by atoms with E-state index in [1.165, 1.54) is 0 Å². The monoisotopic (exact) mass is 281 g/mol. The lowest BCUT2D eigenvalue weighted by Crippen LogP contribution is -2.37. The van der Waals surface area contributed by atoms with Crippen LogP contribution in [0.1, 0.15) is 30.9 Å². The lowest BCUT2D eigenvalue weighted by Gasteiger charge is -2.18. The van der Waals surface area contributed by atoms with Crippen LogP contribution in [0.4, 0.5) is 0 Å². The minimum Gasteiger partial charge on any atom is -0.313 e. The van der Waals surface area contributed by atoms with Crippen LogP contribution in [0.2, 0.25) is 0 Å². The van der Waals surface area contributed by atoms with Crippen LogP contribution in [0.5, 0.6) is 0 Å². The van der Waals surface area contributed by atoms with Crippen molar-refractivity contribution >= 4 is 9.84 Å². The molecule has 0 aliphatic heterocycles. The number of nitrogens with one attached hydrogen (secondary N) is 1. The van der Waals surface area contributed by atoms with Crippen molar-refractivity contribution in [2.45, 2.75) is 44.6 Å². The van der Waals surface area contributed by atoms with Gasteiger partial charge in [0.25, 0.3) is 0 Å². The van der Waals surface area contributed by atoms with Crippen molar-refractivity contribution in [2.75, 3.05) is 12.3 Å². The first kappa shape index (κ1) is 14.5. The summed E-state index contributed by atoms with van der Waals surface area (Å²) in [5.74, 6) is 0.760. The van der Waals surface area contributed by atoms with Crippen LogP contribution in [-0.2, 0) is 9.84 Å². The number of rotatable bonds is 6. The molecule has 0 saturated heterocycles. The third kappa shape index (κ3) is 3.57. The molecule has 0 radical (unpaired) electrons. The highest BCUT2D eigenvalue weighted by Gasteiger charge is 2.34. The predicted octanol–water partition coefficient (Wildman–Crippen LogP) is 2.47. The Balaban J connectivity index is 2.23. The van der Waals surface area contributed by atoms with Crippen molar-refractivity contribution in [3.63, 3.8) is 0 Å². The van der Waals surface area contributed by atoms with E-state index in [9.17, 15) is 8.42 Å². The van der Waals surface area contributed by atoms with Gasteiger partial charge in [0.05, 0.1) is 10.6 Å². The molecule has 19 heavy (non-hydrogen) atoms. The Kier molecular flexibility index (Phi) is 4.31. The van der Waals surface area contributed by atoms with Gasteiger partial charge in [0, 0.05) is 6.04 Å². The lowest BCUT2D eigenvalue weighted by atomic mass is 10.2. The Bertz CT molecular complexity index is 547. The zero-order valence-corrected chi connectivity index (χ0v) is 12.8. The normalized spacial score (nSPS) is 17.4. The predicted molar refractivity (Wildman–Crippen MR) is 78.2 cm³/mol. The minimum absolute atomic E-state index is 0.106. The zero-order valence-electron chi connectivity index (χ0n) is 11.9. The van der Waals surface area contributed by atoms with E-state index in [1.54, 1.807) is 6.07 Å². The maximum Gasteiger partial charge on any atom is 0.180 e. The van der Waals surface area contributed by atoms with E-state index in [-0.39, 0.29) is 11.8 Å². The van der Waals surface area contributed by atoms with Crippen LogP contribution < -0.4 is 5.32 Å². The molecular formula is C15H23NO2S. The molecule has 0 spiro atoms. The lowest BCUT2D eigenvalue weighted by molar-refractivity contribution is 0.502. The van der Waals surface area contributed by atoms with Gasteiger partial charge in [0.15, 0.2) is 9.84 Å².